The van der Waals surface area contributed by atoms with Gasteiger partial charge in [0.1, 0.15) is 6.17 Å². The molecule has 1 aliphatic rings. The van der Waals surface area contributed by atoms with E-state index in [2.05, 4.69) is 5.43 Å². The number of nitrogens with one attached hydrogen (secondary N) is 1. The largest absolute Gasteiger partial charge is 0.300 e. The van der Waals surface area contributed by atoms with Crippen LogP contribution in [0, 0.1) is 0 Å². The third kappa shape index (κ3) is 5.78. The maximum absolute atomic E-state index is 13.3. The Bertz CT molecular complexity index is 938. The van der Waals surface area contributed by atoms with Gasteiger partial charge in [0.15, 0.2) is 0 Å². The number of benzene rings is 2. The van der Waals surface area contributed by atoms with Crippen LogP contribution in [-0.4, -0.2) is 50.8 Å². The summed E-state index contributed by atoms with van der Waals surface area (Å²) in [5.74, 6) is 4.71. The minimum Gasteiger partial charge on any atom is -0.300 e. The maximum atomic E-state index is 13.3. The van der Waals surface area contributed by atoms with Crippen molar-refractivity contribution in [3.05, 3.63) is 65.7 Å². The normalized spacial score (nSPS) is 17.1. The zero-order valence-electron chi connectivity index (χ0n) is 16.7. The smallest absolute Gasteiger partial charge is 0.265 e. The highest BCUT2D eigenvalue weighted by Crippen LogP contribution is 2.22. The lowest BCUT2D eigenvalue weighted by Crippen LogP contribution is -2.34. The molecule has 0 aromatic heterocycles. The number of hydrazine groups is 1. The lowest BCUT2D eigenvalue weighted by atomic mass is 10.1. The fraction of sp³-hybridized carbons (Fsp3) is 0.381. The van der Waals surface area contributed by atoms with E-state index in [9.17, 15) is 17.6 Å². The monoisotopic (exact) mass is 434 g/mol. The summed E-state index contributed by atoms with van der Waals surface area (Å²) in [7, 11) is -3.60. The number of anilines is 1. The van der Waals surface area contributed by atoms with Gasteiger partial charge >= 0.3 is 0 Å². The first kappa shape index (κ1) is 22.2. The highest BCUT2D eigenvalue weighted by atomic mass is 32.2. The summed E-state index contributed by atoms with van der Waals surface area (Å²) in [5.41, 5.74) is 3.78. The number of carbonyl (C=O) groups excluding carboxylic acids is 1. The Morgan fingerprint density at radius 3 is 2.47 bits per heavy atom. The molecule has 1 unspecified atom stereocenters. The van der Waals surface area contributed by atoms with Gasteiger partial charge in [-0.2, -0.15) is 0 Å². The number of hydrogen-bond donors (Lipinski definition) is 2. The van der Waals surface area contributed by atoms with Crippen molar-refractivity contribution in [2.45, 2.75) is 25.6 Å². The molecule has 1 fully saturated rings. The minimum absolute atomic E-state index is 0.0248. The number of rotatable bonds is 9. The van der Waals surface area contributed by atoms with Gasteiger partial charge in [0.2, 0.25) is 10.0 Å². The molecule has 30 heavy (non-hydrogen) atoms. The van der Waals surface area contributed by atoms with Crippen LogP contribution in [0.3, 0.4) is 0 Å². The van der Waals surface area contributed by atoms with Crippen molar-refractivity contribution in [3.8, 4) is 0 Å². The number of para-hydroxylation sites is 1. The van der Waals surface area contributed by atoms with Crippen LogP contribution < -0.4 is 15.6 Å². The summed E-state index contributed by atoms with van der Waals surface area (Å²) in [5, 5.41) is 0. The number of likely N-dealkylation sites (tertiary alicyclic amines) is 1. The first-order chi connectivity index (χ1) is 14.4. The Kier molecular flexibility index (Phi) is 7.41. The summed E-state index contributed by atoms with van der Waals surface area (Å²) in [6.07, 6.45) is 0.140. The lowest BCUT2D eigenvalue weighted by Gasteiger charge is -2.25. The number of nitrogen functional groups attached to an aromatic ring is 1. The van der Waals surface area contributed by atoms with Gasteiger partial charge in [0.25, 0.3) is 5.91 Å². The molecule has 1 saturated heterocycles. The molecule has 0 aliphatic carbocycles. The number of nitrogens with two attached hydrogens (primary N) is 1. The third-order valence-electron chi connectivity index (χ3n) is 5.14. The lowest BCUT2D eigenvalue weighted by molar-refractivity contribution is 0.0953. The second-order valence-corrected chi connectivity index (χ2v) is 9.38. The highest BCUT2D eigenvalue weighted by Gasteiger charge is 2.25. The van der Waals surface area contributed by atoms with E-state index in [0.29, 0.717) is 43.7 Å². The molecular formula is C21H27FN4O3S. The SMILES string of the molecule is NNC(=O)c1ccc(CN(c2ccccc2)S(=O)(=O)CCCN2CCC(F)C2)cc1. The van der Waals surface area contributed by atoms with Gasteiger partial charge in [0.05, 0.1) is 18.0 Å². The van der Waals surface area contributed by atoms with Gasteiger partial charge in [-0.1, -0.05) is 30.3 Å². The number of hydrogen-bond acceptors (Lipinski definition) is 5. The predicted octanol–water partition coefficient (Wildman–Crippen LogP) is 2.06. The number of nitrogens with zero attached hydrogens (tertiary/aromatic N) is 2. The van der Waals surface area contributed by atoms with Crippen LogP contribution in [0.2, 0.25) is 0 Å². The molecule has 162 valence electrons. The van der Waals surface area contributed by atoms with E-state index in [1.807, 2.05) is 11.0 Å². The molecule has 1 heterocycles. The van der Waals surface area contributed by atoms with Crippen molar-refractivity contribution in [1.82, 2.24) is 10.3 Å². The van der Waals surface area contributed by atoms with Crippen molar-refractivity contribution in [2.24, 2.45) is 5.84 Å². The zero-order valence-corrected chi connectivity index (χ0v) is 17.5. The van der Waals surface area contributed by atoms with E-state index < -0.39 is 22.1 Å². The van der Waals surface area contributed by atoms with Gasteiger partial charge < -0.3 is 4.90 Å². The highest BCUT2D eigenvalue weighted by molar-refractivity contribution is 7.92. The minimum atomic E-state index is -3.60. The molecular weight excluding hydrogens is 407 g/mol. The summed E-state index contributed by atoms with van der Waals surface area (Å²) in [6.45, 7) is 1.76. The third-order valence-corrected chi connectivity index (χ3v) is 6.96. The summed E-state index contributed by atoms with van der Waals surface area (Å²) >= 11 is 0. The van der Waals surface area contributed by atoms with Crippen molar-refractivity contribution in [1.29, 1.82) is 0 Å². The van der Waals surface area contributed by atoms with Gasteiger partial charge in [-0.3, -0.25) is 14.5 Å². The Morgan fingerprint density at radius 1 is 1.17 bits per heavy atom. The molecule has 1 atom stereocenters. The second kappa shape index (κ2) is 10.0. The molecule has 0 bridgehead atoms. The average Bonchev–Trinajstić information content (AvgIpc) is 3.17. The summed E-state index contributed by atoms with van der Waals surface area (Å²) in [6, 6.07) is 15.5. The van der Waals surface area contributed by atoms with Crippen LogP contribution >= 0.6 is 0 Å². The van der Waals surface area contributed by atoms with E-state index in [1.54, 1.807) is 48.5 Å². The second-order valence-electron chi connectivity index (χ2n) is 7.37. The number of carbonyl (C=O) groups is 1. The molecule has 7 nitrogen and oxygen atoms in total. The van der Waals surface area contributed by atoms with Crippen molar-refractivity contribution < 1.29 is 17.6 Å². The molecule has 0 spiro atoms. The van der Waals surface area contributed by atoms with Crippen molar-refractivity contribution >= 4 is 21.6 Å². The molecule has 3 rings (SSSR count). The van der Waals surface area contributed by atoms with Crippen molar-refractivity contribution in [3.63, 3.8) is 0 Å². The molecule has 1 aliphatic heterocycles. The standard InChI is InChI=1S/C21H27FN4O3S/c22-19-11-13-25(16-19)12-4-14-30(28,29)26(20-5-2-1-3-6-20)15-17-7-9-18(10-8-17)21(27)24-23/h1-3,5-10,19H,4,11-16,23H2,(H,24,27). The maximum Gasteiger partial charge on any atom is 0.265 e. The van der Waals surface area contributed by atoms with Gasteiger partial charge in [-0.25, -0.2) is 18.7 Å². The van der Waals surface area contributed by atoms with E-state index in [-0.39, 0.29) is 12.3 Å². The van der Waals surface area contributed by atoms with Crippen LogP contribution in [0.5, 0.6) is 0 Å². The van der Waals surface area contributed by atoms with E-state index in [0.717, 1.165) is 5.56 Å². The van der Waals surface area contributed by atoms with E-state index >= 15 is 0 Å². The molecule has 0 saturated carbocycles. The molecule has 2 aromatic carbocycles. The van der Waals surface area contributed by atoms with Crippen LogP contribution in [0.15, 0.2) is 54.6 Å². The Balaban J connectivity index is 1.72. The van der Waals surface area contributed by atoms with Crippen molar-refractivity contribution in [2.75, 3.05) is 29.7 Å². The van der Waals surface area contributed by atoms with Gasteiger partial charge in [-0.05, 0) is 49.2 Å². The summed E-state index contributed by atoms with van der Waals surface area (Å²) in [4.78, 5) is 13.6. The van der Waals surface area contributed by atoms with E-state index in [4.69, 9.17) is 5.84 Å². The topological polar surface area (TPSA) is 95.7 Å². The van der Waals surface area contributed by atoms with E-state index in [1.165, 1.54) is 4.31 Å². The quantitative estimate of drug-likeness (QED) is 0.358. The number of amides is 1. The average molecular weight is 435 g/mol. The zero-order chi connectivity index (χ0) is 21.6. The molecule has 1 amide bonds. The molecule has 2 aromatic rings. The number of alkyl halides is 1. The Hall–Kier alpha value is -2.49. The van der Waals surface area contributed by atoms with Crippen LogP contribution in [0.25, 0.3) is 0 Å². The first-order valence-electron chi connectivity index (χ1n) is 9.91. The van der Waals surface area contributed by atoms with Crippen LogP contribution in [0.4, 0.5) is 10.1 Å². The van der Waals surface area contributed by atoms with Crippen LogP contribution in [0.1, 0.15) is 28.8 Å². The Labute approximate surface area is 176 Å². The molecule has 0 radical (unpaired) electrons. The van der Waals surface area contributed by atoms with Crippen LogP contribution in [-0.2, 0) is 16.6 Å². The fourth-order valence-corrected chi connectivity index (χ4v) is 5.03. The number of halogens is 1. The molecule has 9 heteroatoms. The number of sulfonamides is 1. The predicted molar refractivity (Wildman–Crippen MR) is 115 cm³/mol. The van der Waals surface area contributed by atoms with Gasteiger partial charge in [-0.15, -0.1) is 0 Å². The molecule has 3 N–H and O–H groups in total. The summed E-state index contributed by atoms with van der Waals surface area (Å²) < 4.78 is 41.0. The first-order valence-corrected chi connectivity index (χ1v) is 11.5. The fourth-order valence-electron chi connectivity index (χ4n) is 3.52. The Morgan fingerprint density at radius 2 is 1.87 bits per heavy atom. The van der Waals surface area contributed by atoms with Gasteiger partial charge in [0, 0.05) is 18.7 Å².